The molecule has 94 valence electrons. The first-order valence-electron chi connectivity index (χ1n) is 6.20. The van der Waals surface area contributed by atoms with E-state index >= 15 is 0 Å². The van der Waals surface area contributed by atoms with E-state index in [1.807, 2.05) is 12.1 Å². The van der Waals surface area contributed by atoms with Crippen LogP contribution in [0.15, 0.2) is 18.2 Å². The van der Waals surface area contributed by atoms with Crippen molar-refractivity contribution in [2.75, 3.05) is 20.2 Å². The van der Waals surface area contributed by atoms with Gasteiger partial charge < -0.3 is 15.2 Å². The normalized spacial score (nSPS) is 23.9. The first-order chi connectivity index (χ1) is 8.13. The Morgan fingerprint density at radius 3 is 2.94 bits per heavy atom. The highest BCUT2D eigenvalue weighted by Crippen LogP contribution is 2.26. The highest BCUT2D eigenvalue weighted by Gasteiger charge is 2.30. The van der Waals surface area contributed by atoms with Gasteiger partial charge in [-0.2, -0.15) is 0 Å². The third-order valence-electron chi connectivity index (χ3n) is 3.52. The van der Waals surface area contributed by atoms with Crippen LogP contribution < -0.4 is 10.1 Å². The van der Waals surface area contributed by atoms with Gasteiger partial charge in [0, 0.05) is 6.54 Å². The maximum Gasteiger partial charge on any atom is 0.122 e. The molecule has 1 fully saturated rings. The Morgan fingerprint density at radius 1 is 1.47 bits per heavy atom. The van der Waals surface area contributed by atoms with Gasteiger partial charge in [-0.05, 0) is 44.4 Å². The molecule has 0 spiro atoms. The second kappa shape index (κ2) is 5.07. The van der Waals surface area contributed by atoms with Crippen LogP contribution in [0.4, 0.5) is 0 Å². The van der Waals surface area contributed by atoms with Crippen molar-refractivity contribution < 1.29 is 9.84 Å². The van der Waals surface area contributed by atoms with Crippen molar-refractivity contribution in [3.05, 3.63) is 29.3 Å². The number of ether oxygens (including phenoxy) is 1. The molecule has 0 radical (unpaired) electrons. The van der Waals surface area contributed by atoms with Gasteiger partial charge in [-0.15, -0.1) is 0 Å². The number of nitrogens with one attached hydrogen (secondary N) is 1. The van der Waals surface area contributed by atoms with Crippen LogP contribution in [0, 0.1) is 6.92 Å². The molecule has 3 nitrogen and oxygen atoms in total. The van der Waals surface area contributed by atoms with Crippen LogP contribution in [0.1, 0.15) is 24.0 Å². The van der Waals surface area contributed by atoms with E-state index in [4.69, 9.17) is 4.74 Å². The average Bonchev–Trinajstić information content (AvgIpc) is 2.74. The minimum absolute atomic E-state index is 0.533. The molecule has 1 aliphatic rings. The van der Waals surface area contributed by atoms with Crippen LogP contribution in [-0.4, -0.2) is 30.9 Å². The summed E-state index contributed by atoms with van der Waals surface area (Å²) in [6.07, 6.45) is 2.50. The van der Waals surface area contributed by atoms with Crippen LogP contribution in [0.5, 0.6) is 5.75 Å². The molecule has 2 rings (SSSR count). The highest BCUT2D eigenvalue weighted by molar-refractivity contribution is 5.37. The Bertz CT molecular complexity index is 384. The number of benzene rings is 1. The first kappa shape index (κ1) is 12.4. The van der Waals surface area contributed by atoms with Crippen molar-refractivity contribution in [3.63, 3.8) is 0 Å². The Kier molecular flexibility index (Phi) is 3.69. The van der Waals surface area contributed by atoms with Crippen LogP contribution in [-0.2, 0) is 6.42 Å². The zero-order chi connectivity index (χ0) is 12.3. The molecule has 0 amide bonds. The monoisotopic (exact) mass is 235 g/mol. The van der Waals surface area contributed by atoms with E-state index in [0.29, 0.717) is 6.54 Å². The van der Waals surface area contributed by atoms with Gasteiger partial charge in [-0.1, -0.05) is 17.7 Å². The second-order valence-electron chi connectivity index (χ2n) is 4.97. The van der Waals surface area contributed by atoms with E-state index in [2.05, 4.69) is 18.3 Å². The van der Waals surface area contributed by atoms with Crippen molar-refractivity contribution in [1.29, 1.82) is 0 Å². The van der Waals surface area contributed by atoms with Crippen molar-refractivity contribution in [1.82, 2.24) is 5.32 Å². The molecule has 0 aliphatic carbocycles. The van der Waals surface area contributed by atoms with Crippen molar-refractivity contribution >= 4 is 0 Å². The molecular weight excluding hydrogens is 214 g/mol. The summed E-state index contributed by atoms with van der Waals surface area (Å²) in [6, 6.07) is 6.19. The van der Waals surface area contributed by atoms with Crippen molar-refractivity contribution in [3.8, 4) is 5.75 Å². The number of methoxy groups -OCH3 is 1. The molecule has 0 aromatic heterocycles. The smallest absolute Gasteiger partial charge is 0.122 e. The molecule has 1 aromatic carbocycles. The summed E-state index contributed by atoms with van der Waals surface area (Å²) >= 11 is 0. The van der Waals surface area contributed by atoms with E-state index in [0.717, 1.165) is 31.6 Å². The number of aliphatic hydroxyl groups is 1. The molecule has 1 aliphatic heterocycles. The summed E-state index contributed by atoms with van der Waals surface area (Å²) in [5, 5.41) is 13.5. The maximum absolute atomic E-state index is 10.3. The van der Waals surface area contributed by atoms with Gasteiger partial charge in [0.05, 0.1) is 12.7 Å². The third kappa shape index (κ3) is 2.99. The fourth-order valence-electron chi connectivity index (χ4n) is 2.41. The average molecular weight is 235 g/mol. The van der Waals surface area contributed by atoms with E-state index in [1.165, 1.54) is 11.1 Å². The molecule has 0 saturated carbocycles. The quantitative estimate of drug-likeness (QED) is 0.834. The van der Waals surface area contributed by atoms with Crippen molar-refractivity contribution in [2.24, 2.45) is 0 Å². The van der Waals surface area contributed by atoms with Crippen LogP contribution in [0.3, 0.4) is 0 Å². The summed E-state index contributed by atoms with van der Waals surface area (Å²) in [5.74, 6) is 0.921. The molecule has 3 heteroatoms. The summed E-state index contributed by atoms with van der Waals surface area (Å²) in [6.45, 7) is 3.71. The molecular formula is C14H21NO2. The van der Waals surface area contributed by atoms with Crippen LogP contribution in [0.25, 0.3) is 0 Å². The lowest BCUT2D eigenvalue weighted by Crippen LogP contribution is -2.31. The molecule has 17 heavy (non-hydrogen) atoms. The lowest BCUT2D eigenvalue weighted by molar-refractivity contribution is 0.0525. The zero-order valence-electron chi connectivity index (χ0n) is 10.6. The lowest BCUT2D eigenvalue weighted by Gasteiger charge is -2.21. The molecule has 1 saturated heterocycles. The van der Waals surface area contributed by atoms with Crippen LogP contribution in [0.2, 0.25) is 0 Å². The van der Waals surface area contributed by atoms with Crippen LogP contribution >= 0.6 is 0 Å². The minimum atomic E-state index is -0.533. The topological polar surface area (TPSA) is 41.5 Å². The van der Waals surface area contributed by atoms with Gasteiger partial charge in [0.25, 0.3) is 0 Å². The predicted molar refractivity (Wildman–Crippen MR) is 68.5 cm³/mol. The Balaban J connectivity index is 2.05. The summed E-state index contributed by atoms with van der Waals surface area (Å²) in [4.78, 5) is 0. The summed E-state index contributed by atoms with van der Waals surface area (Å²) in [7, 11) is 1.69. The van der Waals surface area contributed by atoms with Gasteiger partial charge >= 0.3 is 0 Å². The van der Waals surface area contributed by atoms with E-state index < -0.39 is 5.60 Å². The molecule has 1 heterocycles. The van der Waals surface area contributed by atoms with E-state index in [1.54, 1.807) is 7.11 Å². The molecule has 1 unspecified atom stereocenters. The summed E-state index contributed by atoms with van der Waals surface area (Å²) in [5.41, 5.74) is 1.89. The largest absolute Gasteiger partial charge is 0.496 e. The molecule has 2 N–H and O–H groups in total. The SMILES string of the molecule is COc1ccc(C)cc1CCC1(O)CCNC1. The first-order valence-corrected chi connectivity index (χ1v) is 6.20. The fraction of sp³-hybridized carbons (Fsp3) is 0.571. The van der Waals surface area contributed by atoms with Crippen molar-refractivity contribution in [2.45, 2.75) is 31.8 Å². The third-order valence-corrected chi connectivity index (χ3v) is 3.52. The van der Waals surface area contributed by atoms with Gasteiger partial charge in [0.1, 0.15) is 5.75 Å². The predicted octanol–water partition coefficient (Wildman–Crippen LogP) is 1.66. The Morgan fingerprint density at radius 2 is 2.29 bits per heavy atom. The number of hydrogen-bond acceptors (Lipinski definition) is 3. The van der Waals surface area contributed by atoms with Gasteiger partial charge in [-0.25, -0.2) is 0 Å². The maximum atomic E-state index is 10.3. The fourth-order valence-corrected chi connectivity index (χ4v) is 2.41. The van der Waals surface area contributed by atoms with Gasteiger partial charge in [0.15, 0.2) is 0 Å². The second-order valence-corrected chi connectivity index (χ2v) is 4.97. The number of rotatable bonds is 4. The molecule has 1 aromatic rings. The molecule has 0 bridgehead atoms. The van der Waals surface area contributed by atoms with Gasteiger partial charge in [-0.3, -0.25) is 0 Å². The highest BCUT2D eigenvalue weighted by atomic mass is 16.5. The van der Waals surface area contributed by atoms with E-state index in [-0.39, 0.29) is 0 Å². The summed E-state index contributed by atoms with van der Waals surface area (Å²) < 4.78 is 5.35. The van der Waals surface area contributed by atoms with E-state index in [9.17, 15) is 5.11 Å². The number of hydrogen-bond donors (Lipinski definition) is 2. The van der Waals surface area contributed by atoms with Gasteiger partial charge in [0.2, 0.25) is 0 Å². The zero-order valence-corrected chi connectivity index (χ0v) is 10.6. The number of β-amino-alcohol motifs (C(OH)–C–C–N with tert-alkyl or cyclic N) is 1. The lowest BCUT2D eigenvalue weighted by atomic mass is 9.93. The number of aryl methyl sites for hydroxylation is 2. The Labute approximate surface area is 103 Å². The standard InChI is InChI=1S/C14H21NO2/c1-11-3-4-13(17-2)12(9-11)5-6-14(16)7-8-15-10-14/h3-4,9,15-16H,5-8,10H2,1-2H3. The molecule has 1 atom stereocenters. The minimum Gasteiger partial charge on any atom is -0.496 e. The Hall–Kier alpha value is -1.06.